The number of carbonyl (C=O) groups is 2. The van der Waals surface area contributed by atoms with Gasteiger partial charge in [0.25, 0.3) is 0 Å². The highest BCUT2D eigenvalue weighted by atomic mass is 19.4. The Balaban J connectivity index is 1.74. The van der Waals surface area contributed by atoms with E-state index in [1.54, 1.807) is 12.1 Å². The van der Waals surface area contributed by atoms with Gasteiger partial charge in [0.1, 0.15) is 0 Å². The summed E-state index contributed by atoms with van der Waals surface area (Å²) in [4.78, 5) is 24.3. The third kappa shape index (κ3) is 5.10. The number of halogens is 3. The Hall–Kier alpha value is -3.31. The minimum atomic E-state index is -4.51. The standard InChI is InChI=1S/C23H24F3NO7/c1-31-20(29)22(21(30)32-2)33-18-7-6-13(10-19(18)34-22)8-14(12-27)9-17(28)15-4-3-5-16(11-15)23(24,25)26/h3-7,10-11,14,17,28H,8-9,12,27H2,1-2H3. The van der Waals surface area contributed by atoms with Gasteiger partial charge in [-0.1, -0.05) is 18.2 Å². The summed E-state index contributed by atoms with van der Waals surface area (Å²) in [6, 6.07) is 9.21. The molecule has 0 saturated heterocycles. The molecule has 11 heteroatoms. The van der Waals surface area contributed by atoms with Gasteiger partial charge in [-0.2, -0.15) is 13.2 Å². The van der Waals surface area contributed by atoms with Gasteiger partial charge in [-0.05, 0) is 60.7 Å². The van der Waals surface area contributed by atoms with E-state index in [0.717, 1.165) is 26.4 Å². The summed E-state index contributed by atoms with van der Waals surface area (Å²) in [5.74, 6) is -4.69. The Kier molecular flexibility index (Phi) is 7.37. The molecule has 0 saturated carbocycles. The molecule has 3 rings (SSSR count). The summed E-state index contributed by atoms with van der Waals surface area (Å²) in [6.07, 6.45) is -5.22. The summed E-state index contributed by atoms with van der Waals surface area (Å²) < 4.78 is 59.1. The van der Waals surface area contributed by atoms with E-state index in [9.17, 15) is 27.9 Å². The third-order valence-corrected chi connectivity index (χ3v) is 5.44. The maximum atomic E-state index is 13.0. The van der Waals surface area contributed by atoms with Crippen molar-refractivity contribution in [3.05, 3.63) is 59.2 Å². The van der Waals surface area contributed by atoms with Gasteiger partial charge in [-0.3, -0.25) is 0 Å². The molecule has 0 aliphatic carbocycles. The summed E-state index contributed by atoms with van der Waals surface area (Å²) in [7, 11) is 2.13. The van der Waals surface area contributed by atoms with E-state index in [0.29, 0.717) is 12.0 Å². The van der Waals surface area contributed by atoms with Gasteiger partial charge in [0.2, 0.25) is 0 Å². The van der Waals surface area contributed by atoms with Crippen molar-refractivity contribution in [2.75, 3.05) is 20.8 Å². The van der Waals surface area contributed by atoms with Crippen LogP contribution in [0.2, 0.25) is 0 Å². The predicted molar refractivity (Wildman–Crippen MR) is 112 cm³/mol. The van der Waals surface area contributed by atoms with Crippen molar-refractivity contribution in [3.63, 3.8) is 0 Å². The maximum Gasteiger partial charge on any atom is 0.453 e. The summed E-state index contributed by atoms with van der Waals surface area (Å²) >= 11 is 0. The first kappa shape index (κ1) is 25.3. The van der Waals surface area contributed by atoms with Gasteiger partial charge in [0.05, 0.1) is 25.9 Å². The number of benzene rings is 2. The first-order valence-corrected chi connectivity index (χ1v) is 10.3. The van der Waals surface area contributed by atoms with Crippen molar-refractivity contribution in [2.45, 2.75) is 30.9 Å². The molecule has 0 spiro atoms. The van der Waals surface area contributed by atoms with Crippen LogP contribution in [0.15, 0.2) is 42.5 Å². The molecule has 184 valence electrons. The Morgan fingerprint density at radius 3 is 2.29 bits per heavy atom. The molecular weight excluding hydrogens is 459 g/mol. The molecule has 1 aliphatic rings. The van der Waals surface area contributed by atoms with Crippen LogP contribution < -0.4 is 15.2 Å². The van der Waals surface area contributed by atoms with Crippen LogP contribution in [0.3, 0.4) is 0 Å². The number of fused-ring (bicyclic) bond motifs is 1. The molecule has 0 amide bonds. The van der Waals surface area contributed by atoms with E-state index in [2.05, 4.69) is 9.47 Å². The molecule has 2 atom stereocenters. The van der Waals surface area contributed by atoms with Crippen LogP contribution in [0, 0.1) is 5.92 Å². The zero-order chi connectivity index (χ0) is 25.1. The van der Waals surface area contributed by atoms with E-state index in [-0.39, 0.29) is 35.9 Å². The lowest BCUT2D eigenvalue weighted by Crippen LogP contribution is -2.55. The lowest BCUT2D eigenvalue weighted by molar-refractivity contribution is -0.199. The number of carbonyl (C=O) groups excluding carboxylic acids is 2. The average molecular weight is 483 g/mol. The van der Waals surface area contributed by atoms with E-state index in [1.165, 1.54) is 18.2 Å². The number of methoxy groups -OCH3 is 2. The van der Waals surface area contributed by atoms with Crippen LogP contribution in [-0.2, 0) is 31.7 Å². The summed E-state index contributed by atoms with van der Waals surface area (Å²) in [5, 5.41) is 10.5. The van der Waals surface area contributed by atoms with Gasteiger partial charge in [0, 0.05) is 0 Å². The molecule has 0 radical (unpaired) electrons. The zero-order valence-corrected chi connectivity index (χ0v) is 18.4. The molecule has 1 aliphatic heterocycles. The number of nitrogens with two attached hydrogens (primary N) is 1. The first-order valence-electron chi connectivity index (χ1n) is 10.3. The average Bonchev–Trinajstić information content (AvgIpc) is 3.22. The Morgan fingerprint density at radius 1 is 1.06 bits per heavy atom. The highest BCUT2D eigenvalue weighted by Crippen LogP contribution is 2.41. The van der Waals surface area contributed by atoms with Gasteiger partial charge in [-0.15, -0.1) is 0 Å². The van der Waals surface area contributed by atoms with Crippen molar-refractivity contribution >= 4 is 11.9 Å². The van der Waals surface area contributed by atoms with Gasteiger partial charge in [-0.25, -0.2) is 9.59 Å². The van der Waals surface area contributed by atoms with Crippen LogP contribution >= 0.6 is 0 Å². The minimum Gasteiger partial charge on any atom is -0.463 e. The second kappa shape index (κ2) is 9.90. The SMILES string of the molecule is COC(=O)C1(C(=O)OC)Oc2ccc(CC(CN)CC(O)c3cccc(C(F)(F)F)c3)cc2O1. The number of rotatable bonds is 8. The fraction of sp³-hybridized carbons (Fsp3) is 0.391. The molecule has 2 aromatic carbocycles. The molecule has 0 fully saturated rings. The Bertz CT molecular complexity index is 1040. The predicted octanol–water partition coefficient (Wildman–Crippen LogP) is 2.76. The molecule has 0 aromatic heterocycles. The van der Waals surface area contributed by atoms with E-state index in [4.69, 9.17) is 15.2 Å². The van der Waals surface area contributed by atoms with Crippen molar-refractivity contribution in [1.29, 1.82) is 0 Å². The van der Waals surface area contributed by atoms with Crippen molar-refractivity contribution in [3.8, 4) is 11.5 Å². The number of alkyl halides is 3. The monoisotopic (exact) mass is 483 g/mol. The molecule has 8 nitrogen and oxygen atoms in total. The number of aliphatic hydroxyl groups is 1. The first-order chi connectivity index (χ1) is 16.0. The maximum absolute atomic E-state index is 13.0. The number of ether oxygens (including phenoxy) is 4. The normalized spacial score (nSPS) is 16.0. The summed E-state index contributed by atoms with van der Waals surface area (Å²) in [6.45, 7) is 0.152. The zero-order valence-electron chi connectivity index (χ0n) is 18.4. The van der Waals surface area contributed by atoms with E-state index < -0.39 is 35.6 Å². The van der Waals surface area contributed by atoms with Gasteiger partial charge >= 0.3 is 23.9 Å². The molecule has 34 heavy (non-hydrogen) atoms. The topological polar surface area (TPSA) is 117 Å². The molecular formula is C23H24F3NO7. The number of esters is 2. The number of hydrogen-bond donors (Lipinski definition) is 2. The number of hydrogen-bond acceptors (Lipinski definition) is 8. The minimum absolute atomic E-state index is 0.0995. The fourth-order valence-corrected chi connectivity index (χ4v) is 3.66. The second-order valence-corrected chi connectivity index (χ2v) is 7.77. The van der Waals surface area contributed by atoms with Gasteiger partial charge in [0.15, 0.2) is 11.5 Å². The van der Waals surface area contributed by atoms with Crippen LogP contribution in [-0.4, -0.2) is 43.6 Å². The van der Waals surface area contributed by atoms with Crippen LogP contribution in [0.25, 0.3) is 0 Å². The molecule has 2 unspecified atom stereocenters. The highest BCUT2D eigenvalue weighted by molar-refractivity contribution is 6.03. The molecule has 0 bridgehead atoms. The lowest BCUT2D eigenvalue weighted by atomic mass is 9.90. The Labute approximate surface area is 193 Å². The molecule has 2 aromatic rings. The third-order valence-electron chi connectivity index (χ3n) is 5.44. The van der Waals surface area contributed by atoms with E-state index >= 15 is 0 Å². The smallest absolute Gasteiger partial charge is 0.453 e. The van der Waals surface area contributed by atoms with Crippen LogP contribution in [0.5, 0.6) is 11.5 Å². The van der Waals surface area contributed by atoms with Gasteiger partial charge < -0.3 is 29.8 Å². The van der Waals surface area contributed by atoms with Crippen LogP contribution in [0.4, 0.5) is 13.2 Å². The van der Waals surface area contributed by atoms with Crippen molar-refractivity contribution in [1.82, 2.24) is 0 Å². The molecule has 3 N–H and O–H groups in total. The van der Waals surface area contributed by atoms with Crippen molar-refractivity contribution in [2.24, 2.45) is 11.7 Å². The van der Waals surface area contributed by atoms with Crippen molar-refractivity contribution < 1.29 is 46.8 Å². The highest BCUT2D eigenvalue weighted by Gasteiger charge is 2.59. The van der Waals surface area contributed by atoms with E-state index in [1.807, 2.05) is 0 Å². The quantitative estimate of drug-likeness (QED) is 0.435. The fourth-order valence-electron chi connectivity index (χ4n) is 3.66. The summed E-state index contributed by atoms with van der Waals surface area (Å²) in [5.41, 5.74) is 5.82. The largest absolute Gasteiger partial charge is 0.463 e. The molecule has 1 heterocycles. The number of aliphatic hydroxyl groups excluding tert-OH is 1. The lowest BCUT2D eigenvalue weighted by Gasteiger charge is -2.21. The Morgan fingerprint density at radius 2 is 1.71 bits per heavy atom. The van der Waals surface area contributed by atoms with Crippen LogP contribution in [0.1, 0.15) is 29.2 Å². The second-order valence-electron chi connectivity index (χ2n) is 7.77.